The maximum Gasteiger partial charge on any atom is 0.251 e. The highest BCUT2D eigenvalue weighted by Crippen LogP contribution is 2.35. The van der Waals surface area contributed by atoms with Crippen molar-refractivity contribution in [2.24, 2.45) is 0 Å². The third-order valence-corrected chi connectivity index (χ3v) is 4.21. The van der Waals surface area contributed by atoms with Crippen LogP contribution in [0.4, 0.5) is 0 Å². The van der Waals surface area contributed by atoms with Gasteiger partial charge in [-0.15, -0.1) is 0 Å². The summed E-state index contributed by atoms with van der Waals surface area (Å²) in [7, 11) is 0. The SMILES string of the molecule is Cc1cc(Br)ccc1C(=O)NCC(O)COc1ccc2c(c1)OCO2. The molecular formula is C18H18BrNO5. The lowest BCUT2D eigenvalue weighted by Crippen LogP contribution is -2.35. The average Bonchev–Trinajstić information content (AvgIpc) is 3.05. The minimum Gasteiger partial charge on any atom is -0.491 e. The van der Waals surface area contributed by atoms with Crippen LogP contribution in [0.2, 0.25) is 0 Å². The molecule has 0 bridgehead atoms. The Morgan fingerprint density at radius 2 is 2.08 bits per heavy atom. The molecule has 3 rings (SSSR count). The number of benzene rings is 2. The molecule has 1 heterocycles. The first-order valence-electron chi connectivity index (χ1n) is 7.78. The fourth-order valence-electron chi connectivity index (χ4n) is 2.41. The van der Waals surface area contributed by atoms with Crippen molar-refractivity contribution in [2.45, 2.75) is 13.0 Å². The summed E-state index contributed by atoms with van der Waals surface area (Å²) in [5, 5.41) is 12.7. The predicted octanol–water partition coefficient (Wildman–Crippen LogP) is 2.66. The van der Waals surface area contributed by atoms with Gasteiger partial charge in [0.15, 0.2) is 11.5 Å². The van der Waals surface area contributed by atoms with E-state index < -0.39 is 6.10 Å². The smallest absolute Gasteiger partial charge is 0.251 e. The topological polar surface area (TPSA) is 77.0 Å². The van der Waals surface area contributed by atoms with Gasteiger partial charge in [-0.3, -0.25) is 4.79 Å². The normalized spacial score (nSPS) is 13.4. The lowest BCUT2D eigenvalue weighted by molar-refractivity contribution is 0.0843. The van der Waals surface area contributed by atoms with Crippen LogP contribution < -0.4 is 19.5 Å². The maximum atomic E-state index is 12.2. The van der Waals surface area contributed by atoms with Gasteiger partial charge in [0.05, 0.1) is 0 Å². The lowest BCUT2D eigenvalue weighted by atomic mass is 10.1. The summed E-state index contributed by atoms with van der Waals surface area (Å²) >= 11 is 3.36. The van der Waals surface area contributed by atoms with Gasteiger partial charge >= 0.3 is 0 Å². The molecule has 1 atom stereocenters. The highest BCUT2D eigenvalue weighted by Gasteiger charge is 2.15. The largest absolute Gasteiger partial charge is 0.491 e. The highest BCUT2D eigenvalue weighted by atomic mass is 79.9. The molecule has 132 valence electrons. The van der Waals surface area contributed by atoms with Gasteiger partial charge in [-0.05, 0) is 42.8 Å². The minimum absolute atomic E-state index is 0.0548. The van der Waals surface area contributed by atoms with Crippen LogP contribution in [0.15, 0.2) is 40.9 Å². The molecule has 7 heteroatoms. The Morgan fingerprint density at radius 3 is 2.88 bits per heavy atom. The Hall–Kier alpha value is -2.25. The Balaban J connectivity index is 1.48. The maximum absolute atomic E-state index is 12.2. The van der Waals surface area contributed by atoms with Crippen molar-refractivity contribution in [3.05, 3.63) is 52.0 Å². The van der Waals surface area contributed by atoms with Crippen molar-refractivity contribution < 1.29 is 24.1 Å². The first-order valence-corrected chi connectivity index (χ1v) is 8.57. The van der Waals surface area contributed by atoms with E-state index in [0.717, 1.165) is 10.0 Å². The molecule has 0 aliphatic carbocycles. The number of aliphatic hydroxyl groups excluding tert-OH is 1. The third kappa shape index (κ3) is 4.43. The summed E-state index contributed by atoms with van der Waals surface area (Å²) in [6, 6.07) is 10.6. The number of amides is 1. The summed E-state index contributed by atoms with van der Waals surface area (Å²) in [6.45, 7) is 2.21. The molecule has 25 heavy (non-hydrogen) atoms. The lowest BCUT2D eigenvalue weighted by Gasteiger charge is -2.14. The number of aliphatic hydroxyl groups is 1. The number of carbonyl (C=O) groups is 1. The Labute approximate surface area is 153 Å². The minimum atomic E-state index is -0.829. The molecule has 2 aromatic carbocycles. The van der Waals surface area contributed by atoms with Crippen LogP contribution in [0.25, 0.3) is 0 Å². The van der Waals surface area contributed by atoms with Crippen LogP contribution >= 0.6 is 15.9 Å². The monoisotopic (exact) mass is 407 g/mol. The van der Waals surface area contributed by atoms with E-state index in [2.05, 4.69) is 21.2 Å². The van der Waals surface area contributed by atoms with E-state index in [4.69, 9.17) is 14.2 Å². The second-order valence-electron chi connectivity index (χ2n) is 5.65. The molecule has 1 aliphatic rings. The van der Waals surface area contributed by atoms with E-state index in [1.165, 1.54) is 0 Å². The molecule has 0 fully saturated rings. The Bertz CT molecular complexity index is 780. The zero-order valence-electron chi connectivity index (χ0n) is 13.6. The van der Waals surface area contributed by atoms with Gasteiger partial charge in [-0.25, -0.2) is 0 Å². The van der Waals surface area contributed by atoms with Crippen LogP contribution in [-0.4, -0.2) is 37.1 Å². The molecule has 0 spiro atoms. The molecule has 0 saturated heterocycles. The average molecular weight is 408 g/mol. The van der Waals surface area contributed by atoms with Crippen LogP contribution in [-0.2, 0) is 0 Å². The summed E-state index contributed by atoms with van der Waals surface area (Å²) in [6.07, 6.45) is -0.829. The van der Waals surface area contributed by atoms with Gasteiger partial charge < -0.3 is 24.6 Å². The van der Waals surface area contributed by atoms with E-state index in [1.807, 2.05) is 13.0 Å². The van der Waals surface area contributed by atoms with E-state index >= 15 is 0 Å². The van der Waals surface area contributed by atoms with Gasteiger partial charge in [-0.1, -0.05) is 15.9 Å². The number of halogens is 1. The van der Waals surface area contributed by atoms with Crippen molar-refractivity contribution in [3.8, 4) is 17.2 Å². The number of carbonyl (C=O) groups excluding carboxylic acids is 1. The van der Waals surface area contributed by atoms with Crippen molar-refractivity contribution >= 4 is 21.8 Å². The van der Waals surface area contributed by atoms with E-state index in [1.54, 1.807) is 30.3 Å². The van der Waals surface area contributed by atoms with Gasteiger partial charge in [0.25, 0.3) is 5.91 Å². The first-order chi connectivity index (χ1) is 12.0. The van der Waals surface area contributed by atoms with Crippen molar-refractivity contribution in [1.29, 1.82) is 0 Å². The number of fused-ring (bicyclic) bond motifs is 1. The number of hydrogen-bond donors (Lipinski definition) is 2. The van der Waals surface area contributed by atoms with Crippen molar-refractivity contribution in [3.63, 3.8) is 0 Å². The quantitative estimate of drug-likeness (QED) is 0.769. The van der Waals surface area contributed by atoms with Crippen molar-refractivity contribution in [2.75, 3.05) is 19.9 Å². The zero-order chi connectivity index (χ0) is 17.8. The second kappa shape index (κ2) is 7.76. The fourth-order valence-corrected chi connectivity index (χ4v) is 2.88. The molecule has 0 aromatic heterocycles. The summed E-state index contributed by atoms with van der Waals surface area (Å²) in [5.74, 6) is 1.63. The molecule has 1 unspecified atom stereocenters. The molecule has 6 nitrogen and oxygen atoms in total. The molecule has 0 saturated carbocycles. The van der Waals surface area contributed by atoms with Crippen LogP contribution in [0.3, 0.4) is 0 Å². The van der Waals surface area contributed by atoms with Crippen LogP contribution in [0.1, 0.15) is 15.9 Å². The molecule has 2 N–H and O–H groups in total. The number of ether oxygens (including phenoxy) is 3. The van der Waals surface area contributed by atoms with E-state index in [-0.39, 0.29) is 25.9 Å². The van der Waals surface area contributed by atoms with E-state index in [0.29, 0.717) is 22.8 Å². The van der Waals surface area contributed by atoms with Crippen molar-refractivity contribution in [1.82, 2.24) is 5.32 Å². The number of nitrogens with one attached hydrogen (secondary N) is 1. The Kier molecular flexibility index (Phi) is 5.45. The number of rotatable bonds is 6. The van der Waals surface area contributed by atoms with Gasteiger partial charge in [-0.2, -0.15) is 0 Å². The zero-order valence-corrected chi connectivity index (χ0v) is 15.2. The summed E-state index contributed by atoms with van der Waals surface area (Å²) in [5.41, 5.74) is 1.44. The van der Waals surface area contributed by atoms with Gasteiger partial charge in [0.1, 0.15) is 18.5 Å². The Morgan fingerprint density at radius 1 is 1.28 bits per heavy atom. The predicted molar refractivity (Wildman–Crippen MR) is 95.3 cm³/mol. The first kappa shape index (κ1) is 17.6. The van der Waals surface area contributed by atoms with Gasteiger partial charge in [0.2, 0.25) is 6.79 Å². The van der Waals surface area contributed by atoms with E-state index in [9.17, 15) is 9.90 Å². The van der Waals surface area contributed by atoms with Crippen LogP contribution in [0, 0.1) is 6.92 Å². The number of aryl methyl sites for hydroxylation is 1. The molecule has 2 aromatic rings. The standard InChI is InChI=1S/C18H18BrNO5/c1-11-6-12(19)2-4-15(11)18(22)20-8-13(21)9-23-14-3-5-16-17(7-14)25-10-24-16/h2-7,13,21H,8-10H2,1H3,(H,20,22). The third-order valence-electron chi connectivity index (χ3n) is 3.72. The molecular weight excluding hydrogens is 390 g/mol. The molecule has 0 radical (unpaired) electrons. The summed E-state index contributed by atoms with van der Waals surface area (Å²) in [4.78, 5) is 12.2. The van der Waals surface area contributed by atoms with Gasteiger partial charge in [0, 0.05) is 22.6 Å². The number of hydrogen-bond acceptors (Lipinski definition) is 5. The van der Waals surface area contributed by atoms with Crippen LogP contribution in [0.5, 0.6) is 17.2 Å². The summed E-state index contributed by atoms with van der Waals surface area (Å²) < 4.78 is 16.9. The fraction of sp³-hybridized carbons (Fsp3) is 0.278. The molecule has 1 aliphatic heterocycles. The molecule has 1 amide bonds. The highest BCUT2D eigenvalue weighted by molar-refractivity contribution is 9.10. The second-order valence-corrected chi connectivity index (χ2v) is 6.56.